The van der Waals surface area contributed by atoms with E-state index >= 15 is 0 Å². The molecule has 0 atom stereocenters. The lowest BCUT2D eigenvalue weighted by Crippen LogP contribution is -2.53. The first-order valence-electron chi connectivity index (χ1n) is 9.57. The van der Waals surface area contributed by atoms with E-state index < -0.39 is 0 Å². The predicted molar refractivity (Wildman–Crippen MR) is 116 cm³/mol. The molecule has 5 aromatic rings. The third kappa shape index (κ3) is 1.55. The number of para-hydroxylation sites is 3. The lowest BCUT2D eigenvalue weighted by atomic mass is 9.65. The molecule has 28 heavy (non-hydrogen) atoms. The smallest absolute Gasteiger partial charge is 0.433 e. The minimum absolute atomic E-state index is 0.0145. The summed E-state index contributed by atoms with van der Waals surface area (Å²) in [6, 6.07) is 25.5. The molecular formula is C23H16BN3O. The molecule has 0 unspecified atom stereocenters. The van der Waals surface area contributed by atoms with Crippen LogP contribution in [0.4, 0.5) is 17.3 Å². The van der Waals surface area contributed by atoms with Crippen LogP contribution in [0.3, 0.4) is 0 Å². The molecule has 7 rings (SSSR count). The van der Waals surface area contributed by atoms with Crippen LogP contribution in [0.5, 0.6) is 0 Å². The third-order valence-electron chi connectivity index (χ3n) is 6.18. The fourth-order valence-electron chi connectivity index (χ4n) is 5.01. The van der Waals surface area contributed by atoms with Crippen molar-refractivity contribution < 1.29 is 4.42 Å². The zero-order valence-electron chi connectivity index (χ0n) is 15.3. The largest absolute Gasteiger partial charge is 0.439 e. The van der Waals surface area contributed by atoms with Gasteiger partial charge in [-0.25, -0.2) is 0 Å². The van der Waals surface area contributed by atoms with Crippen molar-refractivity contribution in [1.29, 1.82) is 0 Å². The van der Waals surface area contributed by atoms with E-state index in [1.165, 1.54) is 33.3 Å². The molecule has 2 aromatic heterocycles. The summed E-state index contributed by atoms with van der Waals surface area (Å²) in [5.41, 5.74) is 8.27. The number of nitrogens with one attached hydrogen (secondary N) is 1. The van der Waals surface area contributed by atoms with Crippen LogP contribution >= 0.6 is 0 Å². The van der Waals surface area contributed by atoms with Gasteiger partial charge in [-0.05, 0) is 24.3 Å². The summed E-state index contributed by atoms with van der Waals surface area (Å²) < 4.78 is 8.64. The quantitative estimate of drug-likeness (QED) is 0.400. The average Bonchev–Trinajstić information content (AvgIpc) is 3.37. The molecule has 2 aliphatic rings. The number of furan rings is 1. The maximum absolute atomic E-state index is 6.32. The van der Waals surface area contributed by atoms with E-state index in [0.717, 1.165) is 22.5 Å². The molecule has 0 spiro atoms. The van der Waals surface area contributed by atoms with Crippen LogP contribution in [0.15, 0.2) is 77.2 Å². The highest BCUT2D eigenvalue weighted by Gasteiger charge is 2.47. The van der Waals surface area contributed by atoms with Crippen molar-refractivity contribution in [2.24, 2.45) is 7.05 Å². The molecule has 0 radical (unpaired) electrons. The SMILES string of the molecule is Cn1c2c(c3ccccc31)-c1ccccc1N1B2Nc2c1oc1ccccc21. The molecule has 4 nitrogen and oxygen atoms in total. The van der Waals surface area contributed by atoms with Crippen molar-refractivity contribution >= 4 is 51.7 Å². The van der Waals surface area contributed by atoms with Crippen LogP contribution in [0.2, 0.25) is 0 Å². The topological polar surface area (TPSA) is 33.3 Å². The van der Waals surface area contributed by atoms with Crippen LogP contribution in [-0.4, -0.2) is 11.5 Å². The Balaban J connectivity index is 1.61. The highest BCUT2D eigenvalue weighted by Crippen LogP contribution is 2.50. The van der Waals surface area contributed by atoms with Gasteiger partial charge in [-0.1, -0.05) is 48.5 Å². The third-order valence-corrected chi connectivity index (χ3v) is 6.18. The lowest BCUT2D eigenvalue weighted by molar-refractivity contribution is 0.628. The van der Waals surface area contributed by atoms with E-state index in [0.29, 0.717) is 0 Å². The van der Waals surface area contributed by atoms with E-state index in [4.69, 9.17) is 4.42 Å². The fraction of sp³-hybridized carbons (Fsp3) is 0.0435. The number of benzene rings is 3. The zero-order chi connectivity index (χ0) is 18.4. The van der Waals surface area contributed by atoms with E-state index in [9.17, 15) is 0 Å². The minimum Gasteiger partial charge on any atom is -0.439 e. The molecule has 0 aliphatic carbocycles. The fourth-order valence-corrected chi connectivity index (χ4v) is 5.01. The molecule has 0 saturated heterocycles. The van der Waals surface area contributed by atoms with Crippen molar-refractivity contribution in [2.45, 2.75) is 0 Å². The molecular weight excluding hydrogens is 345 g/mol. The van der Waals surface area contributed by atoms with Crippen molar-refractivity contribution in [3.8, 4) is 11.1 Å². The number of hydrogen-bond acceptors (Lipinski definition) is 3. The summed E-state index contributed by atoms with van der Waals surface area (Å²) in [6.07, 6.45) is 0. The highest BCUT2D eigenvalue weighted by atomic mass is 16.4. The van der Waals surface area contributed by atoms with Crippen molar-refractivity contribution in [2.75, 3.05) is 10.0 Å². The van der Waals surface area contributed by atoms with Crippen LogP contribution in [0.25, 0.3) is 33.0 Å². The number of anilines is 3. The summed E-state index contributed by atoms with van der Waals surface area (Å²) in [5.74, 6) is 0.898. The predicted octanol–water partition coefficient (Wildman–Crippen LogP) is 4.86. The number of hydrogen-bond donors (Lipinski definition) is 1. The summed E-state index contributed by atoms with van der Waals surface area (Å²) in [4.78, 5) is 2.31. The number of aryl methyl sites for hydroxylation is 1. The maximum Gasteiger partial charge on any atom is 0.433 e. The van der Waals surface area contributed by atoms with Crippen LogP contribution in [0.1, 0.15) is 0 Å². The van der Waals surface area contributed by atoms with Gasteiger partial charge >= 0.3 is 6.98 Å². The Morgan fingerprint density at radius 3 is 2.54 bits per heavy atom. The second-order valence-electron chi connectivity index (χ2n) is 7.55. The molecule has 3 aromatic carbocycles. The minimum atomic E-state index is 0.0145. The van der Waals surface area contributed by atoms with Gasteiger partial charge in [-0.2, -0.15) is 0 Å². The van der Waals surface area contributed by atoms with Gasteiger partial charge in [-0.3, -0.25) is 0 Å². The summed E-state index contributed by atoms with van der Waals surface area (Å²) >= 11 is 0. The first-order valence-corrected chi connectivity index (χ1v) is 9.57. The monoisotopic (exact) mass is 361 g/mol. The Bertz CT molecular complexity index is 1430. The van der Waals surface area contributed by atoms with Crippen molar-refractivity contribution in [3.63, 3.8) is 0 Å². The normalized spacial score (nSPS) is 14.0. The molecule has 132 valence electrons. The molecule has 0 bridgehead atoms. The second-order valence-corrected chi connectivity index (χ2v) is 7.55. The van der Waals surface area contributed by atoms with Crippen LogP contribution in [0, 0.1) is 0 Å². The number of rotatable bonds is 0. The lowest BCUT2D eigenvalue weighted by Gasteiger charge is -2.31. The van der Waals surface area contributed by atoms with Gasteiger partial charge in [0.05, 0.1) is 5.69 Å². The Labute approximate surface area is 162 Å². The van der Waals surface area contributed by atoms with E-state index in [1.807, 2.05) is 12.1 Å². The molecule has 5 heteroatoms. The standard InChI is InChI=1S/C23H16BN3O/c1-26-17-11-5-2-8-14(17)20-15-9-3-6-12-18(15)27-23-21(25-24(27)22(20)26)16-10-4-7-13-19(16)28-23/h2-13,25H,1H3. The Morgan fingerprint density at radius 1 is 0.857 bits per heavy atom. The average molecular weight is 361 g/mol. The van der Waals surface area contributed by atoms with Crippen molar-refractivity contribution in [3.05, 3.63) is 72.8 Å². The molecule has 0 saturated carbocycles. The van der Waals surface area contributed by atoms with Crippen LogP contribution in [-0.2, 0) is 7.05 Å². The summed E-state index contributed by atoms with van der Waals surface area (Å²) in [5, 5.41) is 6.19. The van der Waals surface area contributed by atoms with Gasteiger partial charge in [0.1, 0.15) is 5.58 Å². The number of aromatic nitrogens is 1. The van der Waals surface area contributed by atoms with E-state index in [1.54, 1.807) is 0 Å². The first-order chi connectivity index (χ1) is 13.8. The van der Waals surface area contributed by atoms with Gasteiger partial charge in [-0.15, -0.1) is 0 Å². The zero-order valence-corrected chi connectivity index (χ0v) is 15.3. The Morgan fingerprint density at radius 2 is 1.61 bits per heavy atom. The highest BCUT2D eigenvalue weighted by molar-refractivity contribution is 6.85. The van der Waals surface area contributed by atoms with Gasteiger partial charge in [0.15, 0.2) is 0 Å². The molecule has 4 heterocycles. The van der Waals surface area contributed by atoms with Gasteiger partial charge in [0, 0.05) is 45.7 Å². The van der Waals surface area contributed by atoms with E-state index in [-0.39, 0.29) is 6.98 Å². The molecule has 0 fully saturated rings. The summed E-state index contributed by atoms with van der Waals surface area (Å²) in [6.45, 7) is 0.0145. The Kier molecular flexibility index (Phi) is 2.49. The maximum atomic E-state index is 6.32. The summed E-state index contributed by atoms with van der Waals surface area (Å²) in [7, 11) is 2.16. The van der Waals surface area contributed by atoms with Crippen LogP contribution < -0.4 is 15.6 Å². The Hall–Kier alpha value is -3.60. The van der Waals surface area contributed by atoms with Gasteiger partial charge < -0.3 is 19.0 Å². The number of nitrogens with zero attached hydrogens (tertiary/aromatic N) is 2. The van der Waals surface area contributed by atoms with Crippen molar-refractivity contribution in [1.82, 2.24) is 4.57 Å². The molecule has 2 aliphatic heterocycles. The van der Waals surface area contributed by atoms with Gasteiger partial charge in [0.2, 0.25) is 5.88 Å². The second kappa shape index (κ2) is 4.81. The molecule has 0 amide bonds. The van der Waals surface area contributed by atoms with E-state index in [2.05, 4.69) is 82.3 Å². The van der Waals surface area contributed by atoms with Gasteiger partial charge in [0.25, 0.3) is 0 Å². The number of fused-ring (bicyclic) bond motifs is 12. The first kappa shape index (κ1) is 14.5. The molecule has 1 N–H and O–H groups in total.